The quantitative estimate of drug-likeness (QED) is 0.444. The fourth-order valence-corrected chi connectivity index (χ4v) is 4.61. The summed E-state index contributed by atoms with van der Waals surface area (Å²) in [5, 5.41) is 6.91. The SMILES string of the molecule is CNC[C@@H](NC(=O)c1ccc(N2CCN(c3ccccc3C)CC2)c(N)c1)c1ccc(Cl)cc1. The van der Waals surface area contributed by atoms with Crippen LogP contribution in [0.15, 0.2) is 66.7 Å². The molecule has 0 spiro atoms. The topological polar surface area (TPSA) is 73.6 Å². The zero-order chi connectivity index (χ0) is 24.1. The van der Waals surface area contributed by atoms with Crippen molar-refractivity contribution in [2.45, 2.75) is 13.0 Å². The van der Waals surface area contributed by atoms with E-state index in [0.29, 0.717) is 22.8 Å². The van der Waals surface area contributed by atoms with Crippen molar-refractivity contribution in [1.82, 2.24) is 10.6 Å². The summed E-state index contributed by atoms with van der Waals surface area (Å²) in [6.07, 6.45) is 0. The molecule has 7 heteroatoms. The van der Waals surface area contributed by atoms with Crippen molar-refractivity contribution in [3.8, 4) is 0 Å². The lowest BCUT2D eigenvalue weighted by atomic mass is 10.1. The van der Waals surface area contributed by atoms with Gasteiger partial charge in [-0.25, -0.2) is 0 Å². The minimum Gasteiger partial charge on any atom is -0.397 e. The second-order valence-corrected chi connectivity index (χ2v) is 9.11. The van der Waals surface area contributed by atoms with Gasteiger partial charge in [0.05, 0.1) is 17.4 Å². The Balaban J connectivity index is 1.42. The summed E-state index contributed by atoms with van der Waals surface area (Å²) in [6, 6.07) is 21.4. The second-order valence-electron chi connectivity index (χ2n) is 8.67. The van der Waals surface area contributed by atoms with Crippen LogP contribution in [0.25, 0.3) is 0 Å². The predicted molar refractivity (Wildman–Crippen MR) is 142 cm³/mol. The number of piperazine rings is 1. The number of nitrogens with one attached hydrogen (secondary N) is 2. The Morgan fingerprint density at radius 1 is 0.971 bits per heavy atom. The molecule has 0 bridgehead atoms. The predicted octanol–water partition coefficient (Wildman–Crippen LogP) is 4.25. The number of carbonyl (C=O) groups excluding carboxylic acids is 1. The van der Waals surface area contributed by atoms with Crippen molar-refractivity contribution in [2.75, 3.05) is 55.3 Å². The number of hydrogen-bond acceptors (Lipinski definition) is 5. The van der Waals surface area contributed by atoms with Crippen molar-refractivity contribution in [3.63, 3.8) is 0 Å². The molecule has 0 aromatic heterocycles. The summed E-state index contributed by atoms with van der Waals surface area (Å²) < 4.78 is 0. The molecule has 178 valence electrons. The number of halogens is 1. The van der Waals surface area contributed by atoms with Gasteiger partial charge in [0.15, 0.2) is 0 Å². The van der Waals surface area contributed by atoms with Crippen LogP contribution >= 0.6 is 11.6 Å². The molecule has 0 radical (unpaired) electrons. The van der Waals surface area contributed by atoms with Gasteiger partial charge >= 0.3 is 0 Å². The van der Waals surface area contributed by atoms with E-state index in [1.807, 2.05) is 43.4 Å². The minimum atomic E-state index is -0.176. The Kier molecular flexibility index (Phi) is 7.60. The molecule has 1 fully saturated rings. The lowest BCUT2D eigenvalue weighted by Crippen LogP contribution is -2.47. The summed E-state index contributed by atoms with van der Waals surface area (Å²) in [5.74, 6) is -0.155. The lowest BCUT2D eigenvalue weighted by Gasteiger charge is -2.38. The number of para-hydroxylation sites is 1. The van der Waals surface area contributed by atoms with Crippen LogP contribution in [-0.4, -0.2) is 45.7 Å². The van der Waals surface area contributed by atoms with Gasteiger partial charge in [-0.1, -0.05) is 41.9 Å². The van der Waals surface area contributed by atoms with Crippen LogP contribution in [-0.2, 0) is 0 Å². The Labute approximate surface area is 206 Å². The van der Waals surface area contributed by atoms with Crippen LogP contribution in [0.1, 0.15) is 27.5 Å². The number of nitrogens with zero attached hydrogens (tertiary/aromatic N) is 2. The fourth-order valence-electron chi connectivity index (χ4n) is 4.48. The Morgan fingerprint density at radius 3 is 2.24 bits per heavy atom. The number of likely N-dealkylation sites (N-methyl/N-ethyl adjacent to an activating group) is 1. The van der Waals surface area contributed by atoms with Crippen molar-refractivity contribution >= 4 is 34.6 Å². The maximum absolute atomic E-state index is 13.0. The molecule has 0 aliphatic carbocycles. The molecule has 1 amide bonds. The number of benzene rings is 3. The van der Waals surface area contributed by atoms with Gasteiger partial charge in [-0.05, 0) is 61.5 Å². The monoisotopic (exact) mass is 477 g/mol. The molecular formula is C27H32ClN5O. The first kappa shape index (κ1) is 23.9. The summed E-state index contributed by atoms with van der Waals surface area (Å²) in [6.45, 7) is 6.37. The molecule has 1 saturated heterocycles. The lowest BCUT2D eigenvalue weighted by molar-refractivity contribution is 0.0936. The van der Waals surface area contributed by atoms with Crippen molar-refractivity contribution < 1.29 is 4.79 Å². The molecule has 3 aromatic rings. The van der Waals surface area contributed by atoms with E-state index in [4.69, 9.17) is 17.3 Å². The van der Waals surface area contributed by atoms with Crippen molar-refractivity contribution in [2.24, 2.45) is 0 Å². The number of nitrogen functional groups attached to an aromatic ring is 1. The van der Waals surface area contributed by atoms with Crippen LogP contribution in [0.3, 0.4) is 0 Å². The van der Waals surface area contributed by atoms with Gasteiger partial charge < -0.3 is 26.2 Å². The molecule has 1 atom stereocenters. The summed E-state index contributed by atoms with van der Waals surface area (Å²) in [7, 11) is 1.86. The van der Waals surface area contributed by atoms with Crippen molar-refractivity contribution in [3.05, 3.63) is 88.4 Å². The van der Waals surface area contributed by atoms with Gasteiger partial charge in [0.2, 0.25) is 0 Å². The zero-order valence-electron chi connectivity index (χ0n) is 19.7. The standard InChI is InChI=1S/C27H32ClN5O/c1-19-5-3-4-6-25(19)32-13-15-33(16-14-32)26-12-9-21(17-23(26)29)27(34)31-24(18-30-2)20-7-10-22(28)11-8-20/h3-12,17,24,30H,13-16,18,29H2,1-2H3,(H,31,34)/t24-/m1/s1. The van der Waals surface area contributed by atoms with Crippen molar-refractivity contribution in [1.29, 1.82) is 0 Å². The number of aryl methyl sites for hydroxylation is 1. The highest BCUT2D eigenvalue weighted by molar-refractivity contribution is 6.30. The molecule has 0 saturated carbocycles. The number of nitrogens with two attached hydrogens (primary N) is 1. The largest absolute Gasteiger partial charge is 0.397 e. The molecule has 1 heterocycles. The third kappa shape index (κ3) is 5.46. The molecular weight excluding hydrogens is 446 g/mol. The molecule has 1 aliphatic heterocycles. The third-order valence-electron chi connectivity index (χ3n) is 6.35. The van der Waals surface area contributed by atoms with Crippen LogP contribution < -0.4 is 26.2 Å². The van der Waals surface area contributed by atoms with Gasteiger partial charge in [0, 0.05) is 49.0 Å². The maximum atomic E-state index is 13.0. The van der Waals surface area contributed by atoms with Gasteiger partial charge in [-0.15, -0.1) is 0 Å². The molecule has 34 heavy (non-hydrogen) atoms. The Hall–Kier alpha value is -3.22. The first-order chi connectivity index (χ1) is 16.5. The van der Waals surface area contributed by atoms with E-state index in [9.17, 15) is 4.79 Å². The van der Waals surface area contributed by atoms with Gasteiger partial charge in [-0.3, -0.25) is 4.79 Å². The van der Waals surface area contributed by atoms with Crippen LogP contribution in [0.5, 0.6) is 0 Å². The van der Waals surface area contributed by atoms with E-state index in [-0.39, 0.29) is 11.9 Å². The van der Waals surface area contributed by atoms with Crippen LogP contribution in [0.4, 0.5) is 17.1 Å². The third-order valence-corrected chi connectivity index (χ3v) is 6.60. The Bertz CT molecular complexity index is 1130. The Morgan fingerprint density at radius 2 is 1.62 bits per heavy atom. The molecule has 1 aliphatic rings. The normalized spacial score (nSPS) is 14.7. The number of amides is 1. The maximum Gasteiger partial charge on any atom is 0.251 e. The van der Waals surface area contributed by atoms with E-state index in [0.717, 1.165) is 37.4 Å². The molecule has 6 nitrogen and oxygen atoms in total. The number of hydrogen-bond donors (Lipinski definition) is 3. The summed E-state index contributed by atoms with van der Waals surface area (Å²) >= 11 is 6.01. The molecule has 4 rings (SSSR count). The average Bonchev–Trinajstić information content (AvgIpc) is 2.85. The van der Waals surface area contributed by atoms with Crippen LogP contribution in [0, 0.1) is 6.92 Å². The fraction of sp³-hybridized carbons (Fsp3) is 0.296. The number of rotatable bonds is 7. The summed E-state index contributed by atoms with van der Waals surface area (Å²) in [4.78, 5) is 17.7. The minimum absolute atomic E-state index is 0.155. The average molecular weight is 478 g/mol. The van der Waals surface area contributed by atoms with E-state index in [1.54, 1.807) is 6.07 Å². The first-order valence-electron chi connectivity index (χ1n) is 11.6. The summed E-state index contributed by atoms with van der Waals surface area (Å²) in [5.41, 5.74) is 12.1. The highest BCUT2D eigenvalue weighted by Gasteiger charge is 2.21. The molecule has 3 aromatic carbocycles. The van der Waals surface area contributed by atoms with E-state index < -0.39 is 0 Å². The number of carbonyl (C=O) groups is 1. The molecule has 4 N–H and O–H groups in total. The second kappa shape index (κ2) is 10.8. The van der Waals surface area contributed by atoms with E-state index in [1.165, 1.54) is 11.3 Å². The smallest absolute Gasteiger partial charge is 0.251 e. The van der Waals surface area contributed by atoms with Gasteiger partial charge in [0.1, 0.15) is 0 Å². The van der Waals surface area contributed by atoms with E-state index >= 15 is 0 Å². The number of anilines is 3. The highest BCUT2D eigenvalue weighted by atomic mass is 35.5. The zero-order valence-corrected chi connectivity index (χ0v) is 20.5. The highest BCUT2D eigenvalue weighted by Crippen LogP contribution is 2.28. The van der Waals surface area contributed by atoms with E-state index in [2.05, 4.69) is 51.6 Å². The van der Waals surface area contributed by atoms with Crippen LogP contribution in [0.2, 0.25) is 5.02 Å². The molecule has 0 unspecified atom stereocenters. The van der Waals surface area contributed by atoms with Gasteiger partial charge in [0.25, 0.3) is 5.91 Å². The van der Waals surface area contributed by atoms with Gasteiger partial charge in [-0.2, -0.15) is 0 Å². The first-order valence-corrected chi connectivity index (χ1v) is 12.0.